The van der Waals surface area contributed by atoms with Crippen molar-refractivity contribution in [2.75, 3.05) is 13.7 Å². The number of amides is 1. The number of rotatable bonds is 5. The second kappa shape index (κ2) is 6.67. The molecule has 5 nitrogen and oxygen atoms in total. The molecule has 1 aliphatic heterocycles. The quantitative estimate of drug-likeness (QED) is 0.876. The Morgan fingerprint density at radius 2 is 2.32 bits per heavy atom. The lowest BCUT2D eigenvalue weighted by Gasteiger charge is -2.40. The summed E-state index contributed by atoms with van der Waals surface area (Å²) in [4.78, 5) is 11.5. The van der Waals surface area contributed by atoms with Gasteiger partial charge in [-0.05, 0) is 31.0 Å². The number of nitrogens with two attached hydrogens (primary N) is 1. The molecule has 1 aromatic rings. The first kappa shape index (κ1) is 16.8. The van der Waals surface area contributed by atoms with Crippen LogP contribution in [0.4, 0.5) is 0 Å². The van der Waals surface area contributed by atoms with Gasteiger partial charge in [0, 0.05) is 26.0 Å². The molecule has 0 spiro atoms. The van der Waals surface area contributed by atoms with Crippen LogP contribution in [0.2, 0.25) is 0 Å². The number of carbonyl (C=O) groups excluding carboxylic acids is 1. The Labute approximate surface area is 132 Å². The maximum Gasteiger partial charge on any atom is 0.217 e. The van der Waals surface area contributed by atoms with Crippen LogP contribution >= 0.6 is 0 Å². The normalized spacial score (nSPS) is 25.0. The third kappa shape index (κ3) is 3.59. The Morgan fingerprint density at radius 1 is 1.59 bits per heavy atom. The molecular weight excluding hydrogens is 280 g/mol. The van der Waals surface area contributed by atoms with E-state index in [0.717, 1.165) is 29.7 Å². The Balaban J connectivity index is 2.37. The minimum Gasteiger partial charge on any atom is -0.487 e. The second-order valence-electron chi connectivity index (χ2n) is 6.22. The molecule has 0 saturated heterocycles. The average Bonchev–Trinajstić information content (AvgIpc) is 2.46. The molecule has 2 rings (SSSR count). The van der Waals surface area contributed by atoms with E-state index in [0.29, 0.717) is 6.61 Å². The zero-order chi connectivity index (χ0) is 16.3. The van der Waals surface area contributed by atoms with Gasteiger partial charge < -0.3 is 20.5 Å². The first-order chi connectivity index (χ1) is 10.4. The lowest BCUT2D eigenvalue weighted by atomic mass is 9.85. The van der Waals surface area contributed by atoms with Crippen LogP contribution in [0.3, 0.4) is 0 Å². The van der Waals surface area contributed by atoms with Gasteiger partial charge >= 0.3 is 0 Å². The van der Waals surface area contributed by atoms with E-state index in [2.05, 4.69) is 19.2 Å². The van der Waals surface area contributed by atoms with Crippen molar-refractivity contribution < 1.29 is 14.3 Å². The Hall–Kier alpha value is -1.59. The SMILES string of the molecule is CCC1(C)CC(NC(C)=O)c2cc(C(N)COC)ccc2O1. The number of methoxy groups -OCH3 is 1. The Bertz CT molecular complexity index is 547. The third-order valence-corrected chi connectivity index (χ3v) is 4.30. The van der Waals surface area contributed by atoms with Gasteiger partial charge in [-0.15, -0.1) is 0 Å². The highest BCUT2D eigenvalue weighted by molar-refractivity contribution is 5.73. The van der Waals surface area contributed by atoms with Crippen molar-refractivity contribution in [1.29, 1.82) is 0 Å². The highest BCUT2D eigenvalue weighted by Gasteiger charge is 2.36. The second-order valence-corrected chi connectivity index (χ2v) is 6.22. The summed E-state index contributed by atoms with van der Waals surface area (Å²) < 4.78 is 11.3. The van der Waals surface area contributed by atoms with Crippen molar-refractivity contribution in [1.82, 2.24) is 5.32 Å². The van der Waals surface area contributed by atoms with E-state index in [1.807, 2.05) is 18.2 Å². The molecule has 1 aliphatic rings. The monoisotopic (exact) mass is 306 g/mol. The van der Waals surface area contributed by atoms with E-state index in [9.17, 15) is 4.79 Å². The number of fused-ring (bicyclic) bond motifs is 1. The molecule has 0 saturated carbocycles. The van der Waals surface area contributed by atoms with E-state index in [-0.39, 0.29) is 23.6 Å². The number of nitrogens with one attached hydrogen (secondary N) is 1. The van der Waals surface area contributed by atoms with Gasteiger partial charge in [-0.3, -0.25) is 4.79 Å². The minimum atomic E-state index is -0.268. The number of ether oxygens (including phenoxy) is 2. The molecule has 0 radical (unpaired) electrons. The lowest BCUT2D eigenvalue weighted by molar-refractivity contribution is -0.120. The Kier molecular flexibility index (Phi) is 5.08. The molecule has 1 heterocycles. The zero-order valence-corrected chi connectivity index (χ0v) is 13.8. The van der Waals surface area contributed by atoms with Gasteiger partial charge in [0.25, 0.3) is 0 Å². The van der Waals surface area contributed by atoms with E-state index < -0.39 is 0 Å². The number of hydrogen-bond acceptors (Lipinski definition) is 4. The maximum atomic E-state index is 11.5. The van der Waals surface area contributed by atoms with Crippen LogP contribution in [0.25, 0.3) is 0 Å². The predicted octanol–water partition coefficient (Wildman–Crippen LogP) is 2.46. The number of hydrogen-bond donors (Lipinski definition) is 2. The van der Waals surface area contributed by atoms with Crippen molar-refractivity contribution in [2.45, 2.75) is 51.3 Å². The van der Waals surface area contributed by atoms with Gasteiger partial charge in [0.05, 0.1) is 18.7 Å². The number of carbonyl (C=O) groups is 1. The molecule has 3 unspecified atom stereocenters. The average molecular weight is 306 g/mol. The van der Waals surface area contributed by atoms with E-state index >= 15 is 0 Å². The first-order valence-electron chi connectivity index (χ1n) is 7.73. The van der Waals surface area contributed by atoms with Gasteiger partial charge in [-0.1, -0.05) is 13.0 Å². The largest absolute Gasteiger partial charge is 0.487 e. The summed E-state index contributed by atoms with van der Waals surface area (Å²) in [5, 5.41) is 3.03. The molecule has 122 valence electrons. The molecular formula is C17H26N2O3. The molecule has 0 bridgehead atoms. The van der Waals surface area contributed by atoms with E-state index in [1.165, 1.54) is 0 Å². The highest BCUT2D eigenvalue weighted by atomic mass is 16.5. The molecule has 0 aliphatic carbocycles. The van der Waals surface area contributed by atoms with Gasteiger partial charge in [0.1, 0.15) is 11.4 Å². The van der Waals surface area contributed by atoms with Crippen molar-refractivity contribution in [2.24, 2.45) is 5.73 Å². The van der Waals surface area contributed by atoms with Crippen molar-refractivity contribution in [3.63, 3.8) is 0 Å². The van der Waals surface area contributed by atoms with Crippen LogP contribution in [-0.2, 0) is 9.53 Å². The standard InChI is InChI=1S/C17H26N2O3/c1-5-17(3)9-15(19-11(2)20)13-8-12(14(18)10-21-4)6-7-16(13)22-17/h6-8,14-15H,5,9-10,18H2,1-4H3,(H,19,20). The highest BCUT2D eigenvalue weighted by Crippen LogP contribution is 2.41. The van der Waals surface area contributed by atoms with Crippen LogP contribution in [0.15, 0.2) is 18.2 Å². The maximum absolute atomic E-state index is 11.5. The van der Waals surface area contributed by atoms with Crippen LogP contribution < -0.4 is 15.8 Å². The minimum absolute atomic E-state index is 0.0390. The van der Waals surface area contributed by atoms with Crippen molar-refractivity contribution >= 4 is 5.91 Å². The molecule has 0 fully saturated rings. The fraction of sp³-hybridized carbons (Fsp3) is 0.588. The summed E-state index contributed by atoms with van der Waals surface area (Å²) in [5.41, 5.74) is 7.82. The zero-order valence-electron chi connectivity index (χ0n) is 13.8. The molecule has 1 aromatic carbocycles. The summed E-state index contributed by atoms with van der Waals surface area (Å²) in [6.07, 6.45) is 1.63. The van der Waals surface area contributed by atoms with E-state index in [4.69, 9.17) is 15.2 Å². The first-order valence-corrected chi connectivity index (χ1v) is 7.73. The topological polar surface area (TPSA) is 73.6 Å². The summed E-state index contributed by atoms with van der Waals surface area (Å²) in [7, 11) is 1.63. The molecule has 1 amide bonds. The summed E-state index contributed by atoms with van der Waals surface area (Å²) in [6, 6.07) is 5.69. The fourth-order valence-corrected chi connectivity index (χ4v) is 2.88. The summed E-state index contributed by atoms with van der Waals surface area (Å²) >= 11 is 0. The van der Waals surface area contributed by atoms with Gasteiger partial charge in [-0.2, -0.15) is 0 Å². The Morgan fingerprint density at radius 3 is 2.91 bits per heavy atom. The molecule has 22 heavy (non-hydrogen) atoms. The van der Waals surface area contributed by atoms with Crippen LogP contribution in [0.1, 0.15) is 56.8 Å². The van der Waals surface area contributed by atoms with Crippen LogP contribution in [0, 0.1) is 0 Å². The fourth-order valence-electron chi connectivity index (χ4n) is 2.88. The van der Waals surface area contributed by atoms with Gasteiger partial charge in [0.15, 0.2) is 0 Å². The van der Waals surface area contributed by atoms with Gasteiger partial charge in [0.2, 0.25) is 5.91 Å². The van der Waals surface area contributed by atoms with Crippen LogP contribution in [0.5, 0.6) is 5.75 Å². The number of benzene rings is 1. The molecule has 3 N–H and O–H groups in total. The molecule has 5 heteroatoms. The third-order valence-electron chi connectivity index (χ3n) is 4.30. The van der Waals surface area contributed by atoms with E-state index in [1.54, 1.807) is 14.0 Å². The van der Waals surface area contributed by atoms with Gasteiger partial charge in [-0.25, -0.2) is 0 Å². The summed E-state index contributed by atoms with van der Waals surface area (Å²) in [5.74, 6) is 0.783. The molecule has 3 atom stereocenters. The van der Waals surface area contributed by atoms with Crippen LogP contribution in [-0.4, -0.2) is 25.2 Å². The molecule has 0 aromatic heterocycles. The van der Waals surface area contributed by atoms with Crippen molar-refractivity contribution in [3.05, 3.63) is 29.3 Å². The van der Waals surface area contributed by atoms with Crippen molar-refractivity contribution in [3.8, 4) is 5.75 Å². The lowest BCUT2D eigenvalue weighted by Crippen LogP contribution is -2.42. The smallest absolute Gasteiger partial charge is 0.217 e. The summed E-state index contributed by atoms with van der Waals surface area (Å²) in [6.45, 7) is 6.17. The predicted molar refractivity (Wildman–Crippen MR) is 85.7 cm³/mol.